The van der Waals surface area contributed by atoms with Crippen LogP contribution in [0.1, 0.15) is 25.7 Å². The first-order chi connectivity index (χ1) is 8.77. The largest absolute Gasteiger partial charge is 0.370 e. The van der Waals surface area contributed by atoms with Gasteiger partial charge in [-0.25, -0.2) is 0 Å². The van der Waals surface area contributed by atoms with E-state index in [4.69, 9.17) is 0 Å². The van der Waals surface area contributed by atoms with Crippen LogP contribution in [0, 0.1) is 5.41 Å². The average Bonchev–Trinajstić information content (AvgIpc) is 2.44. The van der Waals surface area contributed by atoms with E-state index in [2.05, 4.69) is 27.9 Å². The van der Waals surface area contributed by atoms with Gasteiger partial charge in [0.25, 0.3) is 0 Å². The standard InChI is InChI=1S/C15H23N3/c1-17-9-4-15(5-10-17)6-11-18(12-7-15)14-3-2-8-16-13-14/h2-3,8,13H,4-7,9-12H2,1H3. The molecule has 3 rings (SSSR count). The van der Waals surface area contributed by atoms with E-state index in [1.54, 1.807) is 0 Å². The maximum Gasteiger partial charge on any atom is 0.0552 e. The number of rotatable bonds is 1. The Morgan fingerprint density at radius 3 is 2.33 bits per heavy atom. The van der Waals surface area contributed by atoms with Gasteiger partial charge in [0.05, 0.1) is 11.9 Å². The molecule has 0 amide bonds. The van der Waals surface area contributed by atoms with E-state index in [1.807, 2.05) is 18.5 Å². The van der Waals surface area contributed by atoms with Crippen LogP contribution in [0.25, 0.3) is 0 Å². The minimum atomic E-state index is 0.644. The summed E-state index contributed by atoms with van der Waals surface area (Å²) in [5.74, 6) is 0. The molecule has 2 fully saturated rings. The highest BCUT2D eigenvalue weighted by Gasteiger charge is 2.36. The fraction of sp³-hybridized carbons (Fsp3) is 0.667. The van der Waals surface area contributed by atoms with Crippen molar-refractivity contribution in [1.29, 1.82) is 0 Å². The molecule has 0 radical (unpaired) electrons. The van der Waals surface area contributed by atoms with E-state index in [-0.39, 0.29) is 0 Å². The Labute approximate surface area is 110 Å². The molecule has 3 heterocycles. The number of anilines is 1. The Morgan fingerprint density at radius 1 is 1.06 bits per heavy atom. The zero-order valence-corrected chi connectivity index (χ0v) is 11.3. The monoisotopic (exact) mass is 245 g/mol. The molecule has 0 saturated carbocycles. The minimum Gasteiger partial charge on any atom is -0.370 e. The van der Waals surface area contributed by atoms with E-state index < -0.39 is 0 Å². The number of likely N-dealkylation sites (tertiary alicyclic amines) is 1. The lowest BCUT2D eigenvalue weighted by molar-refractivity contribution is 0.0945. The number of hydrogen-bond donors (Lipinski definition) is 0. The second-order valence-electron chi connectivity index (χ2n) is 6.00. The molecule has 3 heteroatoms. The molecule has 0 atom stereocenters. The Morgan fingerprint density at radius 2 is 1.72 bits per heavy atom. The van der Waals surface area contributed by atoms with Crippen LogP contribution in [-0.4, -0.2) is 43.1 Å². The zero-order chi connectivity index (χ0) is 12.4. The molecule has 0 unspecified atom stereocenters. The minimum absolute atomic E-state index is 0.644. The van der Waals surface area contributed by atoms with Gasteiger partial charge < -0.3 is 9.80 Å². The zero-order valence-electron chi connectivity index (χ0n) is 11.3. The molecule has 0 aromatic carbocycles. The maximum atomic E-state index is 4.23. The van der Waals surface area contributed by atoms with Crippen LogP contribution >= 0.6 is 0 Å². The molecule has 0 aliphatic carbocycles. The Bertz CT molecular complexity index is 372. The molecule has 2 saturated heterocycles. The molecular formula is C15H23N3. The normalized spacial score (nSPS) is 24.4. The van der Waals surface area contributed by atoms with E-state index in [9.17, 15) is 0 Å². The van der Waals surface area contributed by atoms with Gasteiger partial charge in [0.2, 0.25) is 0 Å². The third-order valence-electron chi connectivity index (χ3n) is 4.88. The topological polar surface area (TPSA) is 19.4 Å². The summed E-state index contributed by atoms with van der Waals surface area (Å²) in [7, 11) is 2.25. The highest BCUT2D eigenvalue weighted by atomic mass is 15.1. The maximum absolute atomic E-state index is 4.23. The van der Waals surface area contributed by atoms with Crippen LogP contribution in [0.15, 0.2) is 24.5 Å². The fourth-order valence-corrected chi connectivity index (χ4v) is 3.37. The molecular weight excluding hydrogens is 222 g/mol. The van der Waals surface area contributed by atoms with Crippen LogP contribution in [0.2, 0.25) is 0 Å². The summed E-state index contributed by atoms with van der Waals surface area (Å²) in [6.07, 6.45) is 9.35. The van der Waals surface area contributed by atoms with Gasteiger partial charge in [-0.15, -0.1) is 0 Å². The lowest BCUT2D eigenvalue weighted by Gasteiger charge is -2.46. The van der Waals surface area contributed by atoms with Gasteiger partial charge in [0.15, 0.2) is 0 Å². The molecule has 98 valence electrons. The van der Waals surface area contributed by atoms with Gasteiger partial charge in [-0.1, -0.05) is 0 Å². The molecule has 18 heavy (non-hydrogen) atoms. The first kappa shape index (κ1) is 12.0. The summed E-state index contributed by atoms with van der Waals surface area (Å²) >= 11 is 0. The lowest BCUT2D eigenvalue weighted by atomic mass is 9.71. The van der Waals surface area contributed by atoms with Gasteiger partial charge in [-0.2, -0.15) is 0 Å². The molecule has 0 N–H and O–H groups in total. The smallest absolute Gasteiger partial charge is 0.0552 e. The van der Waals surface area contributed by atoms with Gasteiger partial charge in [0.1, 0.15) is 0 Å². The summed E-state index contributed by atoms with van der Waals surface area (Å²) < 4.78 is 0. The summed E-state index contributed by atoms with van der Waals surface area (Å²) in [5, 5.41) is 0. The summed E-state index contributed by atoms with van der Waals surface area (Å²) in [6, 6.07) is 4.22. The molecule has 1 spiro atoms. The molecule has 2 aliphatic heterocycles. The third kappa shape index (κ3) is 2.37. The van der Waals surface area contributed by atoms with Crippen LogP contribution in [0.4, 0.5) is 5.69 Å². The van der Waals surface area contributed by atoms with E-state index >= 15 is 0 Å². The second kappa shape index (κ2) is 4.88. The van der Waals surface area contributed by atoms with E-state index in [0.29, 0.717) is 5.41 Å². The van der Waals surface area contributed by atoms with Crippen molar-refractivity contribution in [2.75, 3.05) is 38.1 Å². The fourth-order valence-electron chi connectivity index (χ4n) is 3.37. The molecule has 0 bridgehead atoms. The van der Waals surface area contributed by atoms with Gasteiger partial charge in [0, 0.05) is 19.3 Å². The summed E-state index contributed by atoms with van der Waals surface area (Å²) in [5.41, 5.74) is 1.94. The summed E-state index contributed by atoms with van der Waals surface area (Å²) in [4.78, 5) is 9.19. The molecule has 1 aromatic rings. The number of aromatic nitrogens is 1. The number of pyridine rings is 1. The quantitative estimate of drug-likeness (QED) is 0.757. The first-order valence-corrected chi connectivity index (χ1v) is 7.11. The number of hydrogen-bond acceptors (Lipinski definition) is 3. The van der Waals surface area contributed by atoms with Crippen LogP contribution in [-0.2, 0) is 0 Å². The van der Waals surface area contributed by atoms with Crippen molar-refractivity contribution in [2.24, 2.45) is 5.41 Å². The molecule has 2 aliphatic rings. The highest BCUT2D eigenvalue weighted by molar-refractivity contribution is 5.44. The van der Waals surface area contributed by atoms with Crippen LogP contribution in [0.5, 0.6) is 0 Å². The lowest BCUT2D eigenvalue weighted by Crippen LogP contribution is -2.46. The first-order valence-electron chi connectivity index (χ1n) is 7.11. The van der Waals surface area contributed by atoms with Crippen molar-refractivity contribution in [2.45, 2.75) is 25.7 Å². The SMILES string of the molecule is CN1CCC2(CC1)CCN(c1cccnc1)CC2. The molecule has 1 aromatic heterocycles. The predicted molar refractivity (Wildman–Crippen MR) is 74.8 cm³/mol. The van der Waals surface area contributed by atoms with Gasteiger partial charge >= 0.3 is 0 Å². The number of piperidine rings is 2. The Hall–Kier alpha value is -1.09. The Balaban J connectivity index is 1.61. The van der Waals surface area contributed by atoms with Crippen molar-refractivity contribution in [3.63, 3.8) is 0 Å². The van der Waals surface area contributed by atoms with Gasteiger partial charge in [-0.3, -0.25) is 4.98 Å². The third-order valence-corrected chi connectivity index (χ3v) is 4.88. The summed E-state index contributed by atoms with van der Waals surface area (Å²) in [6.45, 7) is 4.98. The van der Waals surface area contributed by atoms with Gasteiger partial charge in [-0.05, 0) is 63.4 Å². The highest BCUT2D eigenvalue weighted by Crippen LogP contribution is 2.41. The average molecular weight is 245 g/mol. The Kier molecular flexibility index (Phi) is 3.25. The van der Waals surface area contributed by atoms with Crippen molar-refractivity contribution < 1.29 is 0 Å². The van der Waals surface area contributed by atoms with Crippen molar-refractivity contribution >= 4 is 5.69 Å². The number of nitrogens with zero attached hydrogens (tertiary/aromatic N) is 3. The van der Waals surface area contributed by atoms with E-state index in [0.717, 1.165) is 0 Å². The second-order valence-corrected chi connectivity index (χ2v) is 6.00. The predicted octanol–water partition coefficient (Wildman–Crippen LogP) is 2.39. The van der Waals surface area contributed by atoms with Crippen LogP contribution < -0.4 is 4.90 Å². The molecule has 3 nitrogen and oxygen atoms in total. The van der Waals surface area contributed by atoms with Crippen LogP contribution in [0.3, 0.4) is 0 Å². The van der Waals surface area contributed by atoms with Crippen molar-refractivity contribution in [3.8, 4) is 0 Å². The van der Waals surface area contributed by atoms with Crippen molar-refractivity contribution in [1.82, 2.24) is 9.88 Å². The van der Waals surface area contributed by atoms with E-state index in [1.165, 1.54) is 57.5 Å². The van der Waals surface area contributed by atoms with Crippen molar-refractivity contribution in [3.05, 3.63) is 24.5 Å².